The Morgan fingerprint density at radius 3 is 2.19 bits per heavy atom. The van der Waals surface area contributed by atoms with Gasteiger partial charge in [-0.2, -0.15) is 0 Å². The Labute approximate surface area is 134 Å². The third-order valence-electron chi connectivity index (χ3n) is 3.45. The first-order chi connectivity index (χ1) is 10.1. The van der Waals surface area contributed by atoms with E-state index < -0.39 is 5.97 Å². The molecule has 1 amide bonds. The van der Waals surface area contributed by atoms with Crippen LogP contribution in [0.2, 0.25) is 10.0 Å². The maximum atomic E-state index is 12.0. The first-order valence-corrected chi connectivity index (χ1v) is 7.74. The third kappa shape index (κ3) is 4.35. The van der Waals surface area contributed by atoms with Gasteiger partial charge in [-0.25, -0.2) is 4.79 Å². The van der Waals surface area contributed by atoms with Crippen LogP contribution in [0.1, 0.15) is 36.0 Å². The average molecular weight is 330 g/mol. The van der Waals surface area contributed by atoms with Crippen molar-refractivity contribution < 1.29 is 14.3 Å². The van der Waals surface area contributed by atoms with Gasteiger partial charge in [0.1, 0.15) is 0 Å². The van der Waals surface area contributed by atoms with Crippen molar-refractivity contribution in [3.8, 4) is 0 Å². The van der Waals surface area contributed by atoms with Crippen molar-refractivity contribution in [2.45, 2.75) is 25.7 Å². The van der Waals surface area contributed by atoms with Gasteiger partial charge in [0.25, 0.3) is 5.91 Å². The Kier molecular flexibility index (Phi) is 5.88. The first kappa shape index (κ1) is 16.1. The predicted octanol–water partition coefficient (Wildman–Crippen LogP) is 3.55. The highest BCUT2D eigenvalue weighted by Crippen LogP contribution is 2.25. The second kappa shape index (κ2) is 7.66. The molecule has 0 saturated carbocycles. The van der Waals surface area contributed by atoms with Gasteiger partial charge in [-0.3, -0.25) is 4.79 Å². The highest BCUT2D eigenvalue weighted by molar-refractivity contribution is 6.39. The highest BCUT2D eigenvalue weighted by atomic mass is 35.5. The van der Waals surface area contributed by atoms with E-state index in [4.69, 9.17) is 27.9 Å². The summed E-state index contributed by atoms with van der Waals surface area (Å²) >= 11 is 11.9. The Morgan fingerprint density at radius 1 is 1.05 bits per heavy atom. The fourth-order valence-corrected chi connectivity index (χ4v) is 2.86. The number of esters is 1. The van der Waals surface area contributed by atoms with Crippen LogP contribution in [0.3, 0.4) is 0 Å². The molecule has 0 aromatic heterocycles. The summed E-state index contributed by atoms with van der Waals surface area (Å²) in [5.74, 6) is -0.845. The largest absolute Gasteiger partial charge is 0.452 e. The number of likely N-dealkylation sites (tertiary alicyclic amines) is 1. The summed E-state index contributed by atoms with van der Waals surface area (Å²) in [5, 5.41) is 0.435. The molecule has 1 fully saturated rings. The van der Waals surface area contributed by atoms with Crippen molar-refractivity contribution in [2.75, 3.05) is 19.7 Å². The van der Waals surface area contributed by atoms with Gasteiger partial charge in [0, 0.05) is 13.1 Å². The number of hydrogen-bond donors (Lipinski definition) is 0. The number of halogens is 2. The number of carbonyl (C=O) groups excluding carboxylic acids is 2. The van der Waals surface area contributed by atoms with Crippen LogP contribution in [0.4, 0.5) is 0 Å². The molecular weight excluding hydrogens is 313 g/mol. The zero-order chi connectivity index (χ0) is 15.2. The molecule has 1 heterocycles. The predicted molar refractivity (Wildman–Crippen MR) is 81.8 cm³/mol. The van der Waals surface area contributed by atoms with Crippen molar-refractivity contribution in [2.24, 2.45) is 0 Å². The Hall–Kier alpha value is -1.26. The van der Waals surface area contributed by atoms with Crippen molar-refractivity contribution >= 4 is 35.1 Å². The summed E-state index contributed by atoms with van der Waals surface area (Å²) in [6.07, 6.45) is 4.27. The first-order valence-electron chi connectivity index (χ1n) is 6.98. The molecule has 1 aromatic carbocycles. The van der Waals surface area contributed by atoms with Crippen molar-refractivity contribution in [3.63, 3.8) is 0 Å². The average Bonchev–Trinajstić information content (AvgIpc) is 2.73. The fourth-order valence-electron chi connectivity index (χ4n) is 2.30. The molecule has 2 rings (SSSR count). The van der Waals surface area contributed by atoms with Crippen molar-refractivity contribution in [3.05, 3.63) is 33.8 Å². The summed E-state index contributed by atoms with van der Waals surface area (Å²) in [7, 11) is 0. The van der Waals surface area contributed by atoms with Crippen LogP contribution >= 0.6 is 23.2 Å². The molecule has 114 valence electrons. The van der Waals surface area contributed by atoms with E-state index in [1.807, 2.05) is 0 Å². The van der Waals surface area contributed by atoms with Gasteiger partial charge in [-0.1, -0.05) is 42.1 Å². The van der Waals surface area contributed by atoms with Crippen molar-refractivity contribution in [1.82, 2.24) is 4.90 Å². The lowest BCUT2D eigenvalue weighted by molar-refractivity contribution is -0.134. The van der Waals surface area contributed by atoms with E-state index in [1.54, 1.807) is 23.1 Å². The third-order valence-corrected chi connectivity index (χ3v) is 4.08. The maximum Gasteiger partial charge on any atom is 0.341 e. The van der Waals surface area contributed by atoms with Gasteiger partial charge < -0.3 is 9.64 Å². The SMILES string of the molecule is O=C(OCC(=O)N1CCCCCC1)c1c(Cl)cccc1Cl. The molecule has 1 aliphatic rings. The number of hydrogen-bond acceptors (Lipinski definition) is 3. The van der Waals surface area contributed by atoms with Gasteiger partial charge in [-0.15, -0.1) is 0 Å². The van der Waals surface area contributed by atoms with Gasteiger partial charge in [-0.05, 0) is 25.0 Å². The quantitative estimate of drug-likeness (QED) is 0.796. The van der Waals surface area contributed by atoms with Gasteiger partial charge >= 0.3 is 5.97 Å². The van der Waals surface area contributed by atoms with E-state index >= 15 is 0 Å². The topological polar surface area (TPSA) is 46.6 Å². The zero-order valence-electron chi connectivity index (χ0n) is 11.6. The van der Waals surface area contributed by atoms with E-state index in [9.17, 15) is 9.59 Å². The molecule has 0 N–H and O–H groups in total. The van der Waals surface area contributed by atoms with Crippen LogP contribution in [0.15, 0.2) is 18.2 Å². The molecule has 21 heavy (non-hydrogen) atoms. The maximum absolute atomic E-state index is 12.0. The lowest BCUT2D eigenvalue weighted by atomic mass is 10.2. The van der Waals surface area contributed by atoms with Crippen LogP contribution in [-0.4, -0.2) is 36.5 Å². The van der Waals surface area contributed by atoms with Crippen LogP contribution in [0.5, 0.6) is 0 Å². The highest BCUT2D eigenvalue weighted by Gasteiger charge is 2.20. The second-order valence-electron chi connectivity index (χ2n) is 4.97. The van der Waals surface area contributed by atoms with Gasteiger partial charge in [0.05, 0.1) is 15.6 Å². The zero-order valence-corrected chi connectivity index (χ0v) is 13.1. The smallest absolute Gasteiger partial charge is 0.341 e. The van der Waals surface area contributed by atoms with E-state index in [0.29, 0.717) is 0 Å². The molecule has 0 aliphatic carbocycles. The minimum absolute atomic E-state index is 0.101. The van der Waals surface area contributed by atoms with Crippen LogP contribution in [0.25, 0.3) is 0 Å². The molecule has 4 nitrogen and oxygen atoms in total. The molecule has 1 saturated heterocycles. The minimum Gasteiger partial charge on any atom is -0.452 e. The van der Waals surface area contributed by atoms with Crippen molar-refractivity contribution in [1.29, 1.82) is 0 Å². The molecule has 0 bridgehead atoms. The molecule has 6 heteroatoms. The number of nitrogens with zero attached hydrogens (tertiary/aromatic N) is 1. The molecular formula is C15H17Cl2NO3. The molecule has 1 aliphatic heterocycles. The van der Waals surface area contributed by atoms with E-state index in [-0.39, 0.29) is 28.1 Å². The number of rotatable bonds is 3. The van der Waals surface area contributed by atoms with Gasteiger partial charge in [0.15, 0.2) is 6.61 Å². The van der Waals surface area contributed by atoms with Crippen LogP contribution in [-0.2, 0) is 9.53 Å². The number of ether oxygens (including phenoxy) is 1. The van der Waals surface area contributed by atoms with Crippen LogP contribution < -0.4 is 0 Å². The normalized spacial score (nSPS) is 15.4. The lowest BCUT2D eigenvalue weighted by Crippen LogP contribution is -2.35. The Bertz CT molecular complexity index is 505. The minimum atomic E-state index is -0.672. The number of carbonyl (C=O) groups is 2. The lowest BCUT2D eigenvalue weighted by Gasteiger charge is -2.20. The summed E-state index contributed by atoms with van der Waals surface area (Å²) in [6, 6.07) is 4.76. The summed E-state index contributed by atoms with van der Waals surface area (Å²) in [4.78, 5) is 25.8. The van der Waals surface area contributed by atoms with Gasteiger partial charge in [0.2, 0.25) is 0 Å². The molecule has 0 unspecified atom stereocenters. The Balaban J connectivity index is 1.93. The summed E-state index contributed by atoms with van der Waals surface area (Å²) in [6.45, 7) is 1.17. The van der Waals surface area contributed by atoms with E-state index in [0.717, 1.165) is 38.8 Å². The fraction of sp³-hybridized carbons (Fsp3) is 0.467. The second-order valence-corrected chi connectivity index (χ2v) is 5.78. The summed E-state index contributed by atoms with van der Waals surface area (Å²) < 4.78 is 5.05. The monoisotopic (exact) mass is 329 g/mol. The Morgan fingerprint density at radius 2 is 1.62 bits per heavy atom. The standard InChI is InChI=1S/C15H17Cl2NO3/c16-11-6-5-7-12(17)14(11)15(20)21-10-13(19)18-8-3-1-2-4-9-18/h5-7H,1-4,8-10H2. The molecule has 0 spiro atoms. The molecule has 0 atom stereocenters. The summed E-state index contributed by atoms with van der Waals surface area (Å²) in [5.41, 5.74) is 0.101. The number of amides is 1. The van der Waals surface area contributed by atoms with E-state index in [2.05, 4.69) is 0 Å². The van der Waals surface area contributed by atoms with Crippen LogP contribution in [0, 0.1) is 0 Å². The molecule has 0 radical (unpaired) electrons. The molecule has 1 aromatic rings. The van der Waals surface area contributed by atoms with E-state index in [1.165, 1.54) is 0 Å². The number of benzene rings is 1.